The molecule has 1 aliphatic carbocycles. The number of allylic oxidation sites excluding steroid dienone is 1. The number of fused-ring (bicyclic) bond motifs is 1. The van der Waals surface area contributed by atoms with Gasteiger partial charge in [0.2, 0.25) is 5.91 Å². The Labute approximate surface area is 183 Å². The Kier molecular flexibility index (Phi) is 6.99. The van der Waals surface area contributed by atoms with Crippen LogP contribution in [-0.2, 0) is 4.79 Å². The molecule has 1 amide bonds. The zero-order chi connectivity index (χ0) is 21.9. The standard InChI is InChI=1S/C27H41NO2/c1-7-9-17-27(18-10-8-2)22-15-16-25(29)28(26(3,4)5)24(22)19-23(27)20-11-13-21(30-6)14-12-20/h11-14,19,22,24H,7-10,15-18H2,1-6H3. The summed E-state index contributed by atoms with van der Waals surface area (Å²) >= 11 is 0. The second-order valence-electron chi connectivity index (χ2n) is 10.2. The Morgan fingerprint density at radius 1 is 1.07 bits per heavy atom. The van der Waals surface area contributed by atoms with E-state index in [-0.39, 0.29) is 17.0 Å². The number of ether oxygens (including phenoxy) is 1. The van der Waals surface area contributed by atoms with Crippen LogP contribution in [-0.4, -0.2) is 29.5 Å². The number of nitrogens with zero attached hydrogens (tertiary/aromatic N) is 1. The van der Waals surface area contributed by atoms with Crippen LogP contribution in [0.3, 0.4) is 0 Å². The van der Waals surface area contributed by atoms with Crippen molar-refractivity contribution in [3.05, 3.63) is 35.9 Å². The lowest BCUT2D eigenvalue weighted by atomic mass is 9.62. The summed E-state index contributed by atoms with van der Waals surface area (Å²) < 4.78 is 5.41. The van der Waals surface area contributed by atoms with Crippen molar-refractivity contribution >= 4 is 11.5 Å². The van der Waals surface area contributed by atoms with Crippen molar-refractivity contribution in [3.8, 4) is 5.75 Å². The molecule has 2 atom stereocenters. The predicted octanol–water partition coefficient (Wildman–Crippen LogP) is 6.86. The minimum Gasteiger partial charge on any atom is -0.497 e. The summed E-state index contributed by atoms with van der Waals surface area (Å²) in [6.45, 7) is 11.1. The number of benzene rings is 1. The molecule has 0 aromatic heterocycles. The van der Waals surface area contributed by atoms with E-state index in [2.05, 4.69) is 69.9 Å². The number of piperidine rings is 1. The van der Waals surface area contributed by atoms with Gasteiger partial charge >= 0.3 is 0 Å². The maximum atomic E-state index is 13.0. The third kappa shape index (κ3) is 4.18. The van der Waals surface area contributed by atoms with Crippen LogP contribution in [0, 0.1) is 11.3 Å². The minimum absolute atomic E-state index is 0.159. The van der Waals surface area contributed by atoms with Gasteiger partial charge in [-0.3, -0.25) is 4.79 Å². The number of rotatable bonds is 8. The van der Waals surface area contributed by atoms with Crippen molar-refractivity contribution in [2.75, 3.05) is 7.11 Å². The number of hydrogen-bond donors (Lipinski definition) is 0. The molecule has 2 aliphatic rings. The van der Waals surface area contributed by atoms with Crippen LogP contribution < -0.4 is 4.74 Å². The molecule has 2 unspecified atom stereocenters. The average Bonchev–Trinajstić information content (AvgIpc) is 3.03. The molecule has 0 bridgehead atoms. The third-order valence-electron chi connectivity index (χ3n) is 7.31. The first-order valence-corrected chi connectivity index (χ1v) is 12.0. The fourth-order valence-electron chi connectivity index (χ4n) is 5.97. The van der Waals surface area contributed by atoms with Gasteiger partial charge in [0.1, 0.15) is 5.75 Å². The molecule has 0 N–H and O–H groups in total. The monoisotopic (exact) mass is 411 g/mol. The summed E-state index contributed by atoms with van der Waals surface area (Å²) in [5, 5.41) is 0. The first-order chi connectivity index (χ1) is 14.3. The molecule has 0 spiro atoms. The number of amides is 1. The molecule has 1 aromatic rings. The minimum atomic E-state index is -0.159. The average molecular weight is 412 g/mol. The summed E-state index contributed by atoms with van der Waals surface area (Å²) in [6, 6.07) is 8.80. The molecule has 3 rings (SSSR count). The van der Waals surface area contributed by atoms with Crippen molar-refractivity contribution in [3.63, 3.8) is 0 Å². The molecule has 30 heavy (non-hydrogen) atoms. The summed E-state index contributed by atoms with van der Waals surface area (Å²) in [4.78, 5) is 15.2. The van der Waals surface area contributed by atoms with E-state index in [1.54, 1.807) is 7.11 Å². The van der Waals surface area contributed by atoms with Crippen LogP contribution in [0.1, 0.15) is 91.5 Å². The Morgan fingerprint density at radius 3 is 2.17 bits per heavy atom. The summed E-state index contributed by atoms with van der Waals surface area (Å²) in [6.07, 6.45) is 11.5. The van der Waals surface area contributed by atoms with E-state index in [1.165, 1.54) is 49.7 Å². The quantitative estimate of drug-likeness (QED) is 0.467. The second-order valence-corrected chi connectivity index (χ2v) is 10.2. The zero-order valence-electron chi connectivity index (χ0n) is 20.0. The fraction of sp³-hybridized carbons (Fsp3) is 0.667. The number of hydrogen-bond acceptors (Lipinski definition) is 2. The highest BCUT2D eigenvalue weighted by atomic mass is 16.5. The molecule has 1 heterocycles. The highest BCUT2D eigenvalue weighted by molar-refractivity contribution is 5.82. The van der Waals surface area contributed by atoms with Gasteiger partial charge in [-0.25, -0.2) is 0 Å². The van der Waals surface area contributed by atoms with E-state index < -0.39 is 0 Å². The molecule has 0 saturated carbocycles. The predicted molar refractivity (Wildman–Crippen MR) is 126 cm³/mol. The topological polar surface area (TPSA) is 29.5 Å². The SMILES string of the molecule is CCCCC1(CCCC)C(c2ccc(OC)cc2)=CC2C1CCC(=O)N2C(C)(C)C. The van der Waals surface area contributed by atoms with E-state index in [0.29, 0.717) is 18.2 Å². The largest absolute Gasteiger partial charge is 0.497 e. The van der Waals surface area contributed by atoms with Gasteiger partial charge in [0.25, 0.3) is 0 Å². The number of carbonyl (C=O) groups excluding carboxylic acids is 1. The van der Waals surface area contributed by atoms with Gasteiger partial charge in [-0.1, -0.05) is 57.7 Å². The lowest BCUT2D eigenvalue weighted by molar-refractivity contribution is -0.145. The number of methoxy groups -OCH3 is 1. The molecule has 0 radical (unpaired) electrons. The molecule has 1 aromatic carbocycles. The van der Waals surface area contributed by atoms with Crippen molar-refractivity contribution in [2.45, 2.75) is 97.6 Å². The van der Waals surface area contributed by atoms with Gasteiger partial charge in [-0.05, 0) is 69.2 Å². The summed E-state index contributed by atoms with van der Waals surface area (Å²) in [7, 11) is 1.72. The van der Waals surface area contributed by atoms with Crippen molar-refractivity contribution in [2.24, 2.45) is 11.3 Å². The van der Waals surface area contributed by atoms with Gasteiger partial charge < -0.3 is 9.64 Å². The smallest absolute Gasteiger partial charge is 0.223 e. The van der Waals surface area contributed by atoms with Gasteiger partial charge in [-0.2, -0.15) is 0 Å². The maximum absolute atomic E-state index is 13.0. The molecule has 1 saturated heterocycles. The Balaban J connectivity index is 2.13. The summed E-state index contributed by atoms with van der Waals surface area (Å²) in [5.74, 6) is 1.73. The molecule has 1 fully saturated rings. The van der Waals surface area contributed by atoms with E-state index in [0.717, 1.165) is 12.2 Å². The lowest BCUT2D eigenvalue weighted by Gasteiger charge is -2.50. The van der Waals surface area contributed by atoms with Crippen molar-refractivity contribution in [1.82, 2.24) is 4.90 Å². The van der Waals surface area contributed by atoms with E-state index >= 15 is 0 Å². The molecular weight excluding hydrogens is 370 g/mol. The van der Waals surface area contributed by atoms with Crippen LogP contribution in [0.2, 0.25) is 0 Å². The van der Waals surface area contributed by atoms with Gasteiger partial charge in [0, 0.05) is 17.4 Å². The molecule has 166 valence electrons. The van der Waals surface area contributed by atoms with Crippen LogP contribution in [0.5, 0.6) is 5.75 Å². The fourth-order valence-corrected chi connectivity index (χ4v) is 5.97. The van der Waals surface area contributed by atoms with E-state index in [4.69, 9.17) is 4.74 Å². The Hall–Kier alpha value is -1.77. The molecule has 3 nitrogen and oxygen atoms in total. The Bertz CT molecular complexity index is 748. The molecule has 1 aliphatic heterocycles. The van der Waals surface area contributed by atoms with Crippen LogP contribution in [0.4, 0.5) is 0 Å². The first-order valence-electron chi connectivity index (χ1n) is 12.0. The molecular formula is C27H41NO2. The number of unbranched alkanes of at least 4 members (excludes halogenated alkanes) is 2. The van der Waals surface area contributed by atoms with Crippen LogP contribution in [0.25, 0.3) is 5.57 Å². The van der Waals surface area contributed by atoms with E-state index in [9.17, 15) is 4.79 Å². The van der Waals surface area contributed by atoms with Gasteiger partial charge in [-0.15, -0.1) is 0 Å². The first kappa shape index (κ1) is 22.9. The third-order valence-corrected chi connectivity index (χ3v) is 7.31. The lowest BCUT2D eigenvalue weighted by Crippen LogP contribution is -2.57. The van der Waals surface area contributed by atoms with Crippen LogP contribution >= 0.6 is 0 Å². The van der Waals surface area contributed by atoms with Crippen LogP contribution in [0.15, 0.2) is 30.3 Å². The van der Waals surface area contributed by atoms with Gasteiger partial charge in [0.15, 0.2) is 0 Å². The van der Waals surface area contributed by atoms with Crippen molar-refractivity contribution < 1.29 is 9.53 Å². The highest BCUT2D eigenvalue weighted by Crippen LogP contribution is 2.59. The number of likely N-dealkylation sites (tertiary alicyclic amines) is 1. The number of carbonyl (C=O) groups is 1. The Morgan fingerprint density at radius 2 is 1.67 bits per heavy atom. The maximum Gasteiger partial charge on any atom is 0.223 e. The zero-order valence-corrected chi connectivity index (χ0v) is 20.0. The normalized spacial score (nSPS) is 23.3. The second kappa shape index (κ2) is 9.16. The van der Waals surface area contributed by atoms with Gasteiger partial charge in [0.05, 0.1) is 13.2 Å². The van der Waals surface area contributed by atoms with E-state index in [1.807, 2.05) is 0 Å². The summed E-state index contributed by atoms with van der Waals surface area (Å²) in [5.41, 5.74) is 2.79. The van der Waals surface area contributed by atoms with Crippen molar-refractivity contribution in [1.29, 1.82) is 0 Å². The molecule has 3 heteroatoms. The highest BCUT2D eigenvalue weighted by Gasteiger charge is 2.54.